The molecule has 8 nitrogen and oxygen atoms in total. The second-order valence-electron chi connectivity index (χ2n) is 6.52. The Morgan fingerprint density at radius 1 is 1.31 bits per heavy atom. The van der Waals surface area contributed by atoms with Gasteiger partial charge in [-0.2, -0.15) is 5.26 Å². The van der Waals surface area contributed by atoms with Crippen LogP contribution in [0.3, 0.4) is 0 Å². The molecule has 0 aliphatic rings. The van der Waals surface area contributed by atoms with Crippen molar-refractivity contribution in [2.24, 2.45) is 0 Å². The first kappa shape index (κ1) is 21.7. The second kappa shape index (κ2) is 9.55. The van der Waals surface area contributed by atoms with Gasteiger partial charge in [-0.05, 0) is 50.5 Å². The zero-order valence-electron chi connectivity index (χ0n) is 16.8. The van der Waals surface area contributed by atoms with E-state index in [4.69, 9.17) is 14.7 Å². The molecule has 2 N–H and O–H groups in total. The highest BCUT2D eigenvalue weighted by atomic mass is 16.5. The van der Waals surface area contributed by atoms with Crippen molar-refractivity contribution in [1.29, 1.82) is 5.26 Å². The standard InChI is InChI=1S/C21H23N3O5/c1-12-17(13(2)23-21(27)18(12)11-22)8-9-19(25)29-14(3)20(26)24-15-6-5-7-16(10-15)28-4/h5-7,10,14H,8-9H2,1-4H3,(H,23,27)(H,24,26)/t14-/m1/s1. The third-order valence-corrected chi connectivity index (χ3v) is 4.51. The van der Waals surface area contributed by atoms with E-state index in [0.717, 1.165) is 0 Å². The number of hydrogen-bond donors (Lipinski definition) is 2. The SMILES string of the molecule is COc1cccc(NC(=O)[C@@H](C)OC(=O)CCc2c(C)[nH]c(=O)c(C#N)c2C)c1. The first-order valence-corrected chi connectivity index (χ1v) is 9.03. The number of methoxy groups -OCH3 is 1. The number of nitriles is 1. The Morgan fingerprint density at radius 2 is 2.03 bits per heavy atom. The van der Waals surface area contributed by atoms with Crippen LogP contribution in [0.5, 0.6) is 5.75 Å². The number of ether oxygens (including phenoxy) is 2. The van der Waals surface area contributed by atoms with Crippen molar-refractivity contribution in [3.8, 4) is 11.8 Å². The van der Waals surface area contributed by atoms with Crippen molar-refractivity contribution in [1.82, 2.24) is 4.98 Å². The second-order valence-corrected chi connectivity index (χ2v) is 6.52. The van der Waals surface area contributed by atoms with E-state index < -0.39 is 23.5 Å². The fourth-order valence-corrected chi connectivity index (χ4v) is 2.90. The Morgan fingerprint density at radius 3 is 2.69 bits per heavy atom. The number of aromatic amines is 1. The topological polar surface area (TPSA) is 121 Å². The quantitative estimate of drug-likeness (QED) is 0.692. The molecule has 0 aliphatic carbocycles. The van der Waals surface area contributed by atoms with Gasteiger partial charge in [-0.15, -0.1) is 0 Å². The van der Waals surface area contributed by atoms with Crippen LogP contribution in [0.1, 0.15) is 35.7 Å². The van der Waals surface area contributed by atoms with E-state index in [2.05, 4.69) is 10.3 Å². The number of aryl methyl sites for hydroxylation is 1. The van der Waals surface area contributed by atoms with Crippen LogP contribution in [-0.2, 0) is 20.7 Å². The molecule has 0 aliphatic heterocycles. The van der Waals surface area contributed by atoms with E-state index in [-0.39, 0.29) is 18.4 Å². The number of anilines is 1. The highest BCUT2D eigenvalue weighted by Gasteiger charge is 2.19. The molecule has 152 valence electrons. The minimum absolute atomic E-state index is 0.00930. The van der Waals surface area contributed by atoms with Crippen LogP contribution < -0.4 is 15.6 Å². The van der Waals surface area contributed by atoms with Crippen molar-refractivity contribution < 1.29 is 19.1 Å². The fourth-order valence-electron chi connectivity index (χ4n) is 2.90. The molecular formula is C21H23N3O5. The van der Waals surface area contributed by atoms with Crippen molar-refractivity contribution in [3.05, 3.63) is 57.0 Å². The average molecular weight is 397 g/mol. The molecule has 1 aromatic carbocycles. The van der Waals surface area contributed by atoms with E-state index >= 15 is 0 Å². The van der Waals surface area contributed by atoms with Gasteiger partial charge in [0.15, 0.2) is 6.10 Å². The van der Waals surface area contributed by atoms with Crippen LogP contribution in [0.15, 0.2) is 29.1 Å². The molecule has 1 amide bonds. The molecule has 29 heavy (non-hydrogen) atoms. The Kier molecular flexibility index (Phi) is 7.15. The van der Waals surface area contributed by atoms with Crippen LogP contribution >= 0.6 is 0 Å². The lowest BCUT2D eigenvalue weighted by molar-refractivity contribution is -0.153. The predicted octanol–water partition coefficient (Wildman–Crippen LogP) is 2.38. The maximum atomic E-state index is 12.2. The van der Waals surface area contributed by atoms with Gasteiger partial charge >= 0.3 is 5.97 Å². The van der Waals surface area contributed by atoms with Gasteiger partial charge in [0.05, 0.1) is 7.11 Å². The van der Waals surface area contributed by atoms with Crippen LogP contribution in [-0.4, -0.2) is 30.1 Å². The lowest BCUT2D eigenvalue weighted by Crippen LogP contribution is -2.30. The molecule has 0 spiro atoms. The van der Waals surface area contributed by atoms with Gasteiger partial charge in [0.2, 0.25) is 0 Å². The molecule has 0 saturated heterocycles. The first-order valence-electron chi connectivity index (χ1n) is 9.03. The van der Waals surface area contributed by atoms with Gasteiger partial charge in [-0.25, -0.2) is 0 Å². The molecule has 0 radical (unpaired) electrons. The van der Waals surface area contributed by atoms with E-state index in [9.17, 15) is 14.4 Å². The Bertz CT molecular complexity index is 1020. The van der Waals surface area contributed by atoms with Crippen LogP contribution in [0, 0.1) is 25.2 Å². The van der Waals surface area contributed by atoms with E-state index in [1.165, 1.54) is 14.0 Å². The molecule has 2 aromatic rings. The van der Waals surface area contributed by atoms with Crippen LogP contribution in [0.2, 0.25) is 0 Å². The molecule has 0 saturated carbocycles. The minimum Gasteiger partial charge on any atom is -0.497 e. The highest BCUT2D eigenvalue weighted by molar-refractivity contribution is 5.95. The van der Waals surface area contributed by atoms with Crippen molar-refractivity contribution in [3.63, 3.8) is 0 Å². The summed E-state index contributed by atoms with van der Waals surface area (Å²) in [7, 11) is 1.52. The molecular weight excluding hydrogens is 374 g/mol. The number of esters is 1. The molecule has 0 unspecified atom stereocenters. The maximum Gasteiger partial charge on any atom is 0.306 e. The van der Waals surface area contributed by atoms with E-state index in [0.29, 0.717) is 28.3 Å². The van der Waals surface area contributed by atoms with E-state index in [1.54, 1.807) is 38.1 Å². The van der Waals surface area contributed by atoms with Gasteiger partial charge in [0, 0.05) is 23.9 Å². The third kappa shape index (κ3) is 5.45. The summed E-state index contributed by atoms with van der Waals surface area (Å²) in [6, 6.07) is 8.71. The summed E-state index contributed by atoms with van der Waals surface area (Å²) < 4.78 is 10.3. The average Bonchev–Trinajstić information content (AvgIpc) is 2.67. The van der Waals surface area contributed by atoms with Gasteiger partial charge in [-0.3, -0.25) is 14.4 Å². The third-order valence-electron chi connectivity index (χ3n) is 4.51. The highest BCUT2D eigenvalue weighted by Crippen LogP contribution is 2.18. The number of benzene rings is 1. The number of carbonyl (C=O) groups is 2. The number of amides is 1. The number of carbonyl (C=O) groups excluding carboxylic acids is 2. The number of nitrogens with zero attached hydrogens (tertiary/aromatic N) is 1. The van der Waals surface area contributed by atoms with Gasteiger partial charge < -0.3 is 19.8 Å². The molecule has 2 rings (SSSR count). The normalized spacial score (nSPS) is 11.3. The van der Waals surface area contributed by atoms with E-state index in [1.807, 2.05) is 6.07 Å². The van der Waals surface area contributed by atoms with Gasteiger partial charge in [0.25, 0.3) is 11.5 Å². The predicted molar refractivity (Wildman–Crippen MR) is 107 cm³/mol. The molecule has 0 fully saturated rings. The number of nitrogens with one attached hydrogen (secondary N) is 2. The zero-order valence-corrected chi connectivity index (χ0v) is 16.8. The Labute approximate surface area is 168 Å². The number of hydrogen-bond acceptors (Lipinski definition) is 6. The summed E-state index contributed by atoms with van der Waals surface area (Å²) in [5, 5.41) is 11.8. The Balaban J connectivity index is 1.96. The van der Waals surface area contributed by atoms with Crippen molar-refractivity contribution in [2.75, 3.05) is 12.4 Å². The molecule has 0 bridgehead atoms. The number of aromatic nitrogens is 1. The monoisotopic (exact) mass is 397 g/mol. The van der Waals surface area contributed by atoms with Gasteiger partial charge in [-0.1, -0.05) is 6.07 Å². The number of pyridine rings is 1. The van der Waals surface area contributed by atoms with Crippen LogP contribution in [0.4, 0.5) is 5.69 Å². The Hall–Kier alpha value is -3.60. The largest absolute Gasteiger partial charge is 0.497 e. The molecule has 1 heterocycles. The molecule has 1 atom stereocenters. The summed E-state index contributed by atoms with van der Waals surface area (Å²) in [6.45, 7) is 4.86. The lowest BCUT2D eigenvalue weighted by atomic mass is 9.99. The number of rotatable bonds is 7. The van der Waals surface area contributed by atoms with Crippen molar-refractivity contribution in [2.45, 2.75) is 39.7 Å². The summed E-state index contributed by atoms with van der Waals surface area (Å²) in [6.07, 6.45) is -0.692. The summed E-state index contributed by atoms with van der Waals surface area (Å²) >= 11 is 0. The smallest absolute Gasteiger partial charge is 0.306 e. The molecule has 8 heteroatoms. The molecule has 1 aromatic heterocycles. The fraction of sp³-hybridized carbons (Fsp3) is 0.333. The minimum atomic E-state index is -0.985. The maximum absolute atomic E-state index is 12.2. The summed E-state index contributed by atoms with van der Waals surface area (Å²) in [5.74, 6) is -0.424. The van der Waals surface area contributed by atoms with Crippen LogP contribution in [0.25, 0.3) is 0 Å². The summed E-state index contributed by atoms with van der Waals surface area (Å²) in [4.78, 5) is 38.8. The van der Waals surface area contributed by atoms with Crippen molar-refractivity contribution >= 4 is 17.6 Å². The first-order chi connectivity index (χ1) is 13.8. The zero-order chi connectivity index (χ0) is 21.6. The number of H-pyrrole nitrogens is 1. The summed E-state index contributed by atoms with van der Waals surface area (Å²) in [5.41, 5.74) is 1.97. The van der Waals surface area contributed by atoms with Gasteiger partial charge in [0.1, 0.15) is 17.4 Å². The lowest BCUT2D eigenvalue weighted by Gasteiger charge is -2.15.